The molecule has 0 aliphatic heterocycles. The number of hydrogen-bond acceptors (Lipinski definition) is 4. The minimum atomic E-state index is -4.25. The van der Waals surface area contributed by atoms with E-state index in [0.717, 1.165) is 19.3 Å². The zero-order valence-corrected chi connectivity index (χ0v) is 25.8. The standard InChI is InChI=1S/C27H55NO4S.Na/c1-3-4-5-6-7-8-9-10-11-12-13-14-15-16-17-18-19-20-21-22-23-24-27(29)28(2)25-26-33(30,31)32;/h3-26H2,1-2H3,(H,30,31,32);/q;+1/p-1. The van der Waals surface area contributed by atoms with E-state index in [9.17, 15) is 17.8 Å². The zero-order chi connectivity index (χ0) is 24.6. The molecule has 198 valence electrons. The van der Waals surface area contributed by atoms with Crippen LogP contribution in [0.4, 0.5) is 0 Å². The third-order valence-electron chi connectivity index (χ3n) is 6.60. The number of hydrogen-bond donors (Lipinski definition) is 0. The van der Waals surface area contributed by atoms with Gasteiger partial charge in [-0.3, -0.25) is 4.79 Å². The second kappa shape index (κ2) is 26.4. The second-order valence-electron chi connectivity index (χ2n) is 9.90. The molecule has 0 aromatic heterocycles. The quantitative estimate of drug-likeness (QED) is 0.102. The summed E-state index contributed by atoms with van der Waals surface area (Å²) in [4.78, 5) is 13.2. The van der Waals surface area contributed by atoms with Crippen LogP contribution in [0.25, 0.3) is 0 Å². The summed E-state index contributed by atoms with van der Waals surface area (Å²) in [6.45, 7) is 2.27. The molecule has 0 aromatic carbocycles. The number of nitrogens with zero attached hydrogens (tertiary/aromatic N) is 1. The van der Waals surface area contributed by atoms with Crippen molar-refractivity contribution in [2.24, 2.45) is 0 Å². The maximum absolute atomic E-state index is 11.9. The number of carbonyl (C=O) groups excluding carboxylic acids is 1. The molecule has 0 aliphatic carbocycles. The molecular weight excluding hydrogens is 457 g/mol. The predicted molar refractivity (Wildman–Crippen MR) is 139 cm³/mol. The third kappa shape index (κ3) is 28.6. The van der Waals surface area contributed by atoms with Crippen molar-refractivity contribution in [1.29, 1.82) is 0 Å². The SMILES string of the molecule is CCCCCCCCCCCCCCCCCCCCCCCC(=O)N(C)CCS(=O)(=O)[O-].[Na+]. The Hall–Kier alpha value is 0.380. The van der Waals surface area contributed by atoms with E-state index < -0.39 is 15.9 Å². The maximum Gasteiger partial charge on any atom is 1.00 e. The Morgan fingerprint density at radius 2 is 0.912 bits per heavy atom. The van der Waals surface area contributed by atoms with Crippen LogP contribution < -0.4 is 29.6 Å². The molecular formula is C27H54NNaO4S. The fourth-order valence-corrected chi connectivity index (χ4v) is 4.77. The Balaban J connectivity index is 0. The van der Waals surface area contributed by atoms with E-state index in [1.54, 1.807) is 7.05 Å². The summed E-state index contributed by atoms with van der Waals surface area (Å²) in [5, 5.41) is 0. The molecule has 0 spiro atoms. The van der Waals surface area contributed by atoms with Crippen LogP contribution in [0.5, 0.6) is 0 Å². The van der Waals surface area contributed by atoms with Crippen molar-refractivity contribution in [3.63, 3.8) is 0 Å². The van der Waals surface area contributed by atoms with Gasteiger partial charge in [0.15, 0.2) is 0 Å². The van der Waals surface area contributed by atoms with E-state index in [2.05, 4.69) is 6.92 Å². The van der Waals surface area contributed by atoms with Crippen molar-refractivity contribution in [2.75, 3.05) is 19.3 Å². The van der Waals surface area contributed by atoms with Crippen molar-refractivity contribution in [1.82, 2.24) is 4.90 Å². The fourth-order valence-electron chi connectivity index (χ4n) is 4.27. The smallest absolute Gasteiger partial charge is 0.748 e. The van der Waals surface area contributed by atoms with E-state index in [0.29, 0.717) is 6.42 Å². The van der Waals surface area contributed by atoms with Gasteiger partial charge in [0.25, 0.3) is 0 Å². The summed E-state index contributed by atoms with van der Waals surface area (Å²) in [7, 11) is -2.69. The van der Waals surface area contributed by atoms with Gasteiger partial charge in [-0.15, -0.1) is 0 Å². The van der Waals surface area contributed by atoms with Gasteiger partial charge in [-0.25, -0.2) is 8.42 Å². The van der Waals surface area contributed by atoms with Crippen LogP contribution in [-0.4, -0.2) is 43.1 Å². The first-order valence-corrected chi connectivity index (χ1v) is 15.6. The average molecular weight is 512 g/mol. The van der Waals surface area contributed by atoms with E-state index >= 15 is 0 Å². The van der Waals surface area contributed by atoms with Crippen molar-refractivity contribution in [2.45, 2.75) is 148 Å². The molecule has 7 heteroatoms. The summed E-state index contributed by atoms with van der Waals surface area (Å²) in [5.41, 5.74) is 0. The van der Waals surface area contributed by atoms with Gasteiger partial charge in [0, 0.05) is 20.0 Å². The summed E-state index contributed by atoms with van der Waals surface area (Å²) in [6.07, 6.45) is 28.5. The van der Waals surface area contributed by atoms with Crippen LogP contribution >= 0.6 is 0 Å². The second-order valence-corrected chi connectivity index (χ2v) is 11.4. The first-order valence-electron chi connectivity index (χ1n) is 14.0. The molecule has 34 heavy (non-hydrogen) atoms. The van der Waals surface area contributed by atoms with Crippen molar-refractivity contribution in [3.8, 4) is 0 Å². The minimum absolute atomic E-state index is 0. The molecule has 1 amide bonds. The predicted octanol–water partition coefficient (Wildman–Crippen LogP) is 4.60. The van der Waals surface area contributed by atoms with Crippen LogP contribution in [0.1, 0.15) is 148 Å². The van der Waals surface area contributed by atoms with Gasteiger partial charge in [0.1, 0.15) is 0 Å². The Labute approximate surface area is 234 Å². The van der Waals surface area contributed by atoms with Crippen molar-refractivity contribution < 1.29 is 47.3 Å². The van der Waals surface area contributed by atoms with Gasteiger partial charge >= 0.3 is 29.6 Å². The number of unbranched alkanes of at least 4 members (excludes halogenated alkanes) is 20. The summed E-state index contributed by atoms with van der Waals surface area (Å²) < 4.78 is 31.9. The van der Waals surface area contributed by atoms with Gasteiger partial charge in [0.05, 0.1) is 15.9 Å². The van der Waals surface area contributed by atoms with E-state index in [4.69, 9.17) is 0 Å². The number of rotatable bonds is 25. The number of amides is 1. The molecule has 0 rings (SSSR count). The normalized spacial score (nSPS) is 11.4. The molecule has 0 heterocycles. The van der Waals surface area contributed by atoms with Crippen LogP contribution in [0.3, 0.4) is 0 Å². The monoisotopic (exact) mass is 511 g/mol. The van der Waals surface area contributed by atoms with Crippen LogP contribution in [0.15, 0.2) is 0 Å². The third-order valence-corrected chi connectivity index (χ3v) is 7.28. The molecule has 0 saturated carbocycles. The molecule has 0 saturated heterocycles. The molecule has 0 radical (unpaired) electrons. The maximum atomic E-state index is 11.9. The molecule has 0 N–H and O–H groups in total. The van der Waals surface area contributed by atoms with Crippen molar-refractivity contribution >= 4 is 16.0 Å². The first-order chi connectivity index (χ1) is 15.9. The van der Waals surface area contributed by atoms with Crippen LogP contribution in [0.2, 0.25) is 0 Å². The Bertz CT molecular complexity index is 543. The molecule has 0 bridgehead atoms. The molecule has 0 atom stereocenters. The molecule has 0 unspecified atom stereocenters. The Morgan fingerprint density at radius 3 is 1.21 bits per heavy atom. The summed E-state index contributed by atoms with van der Waals surface area (Å²) in [6, 6.07) is 0. The fraction of sp³-hybridized carbons (Fsp3) is 0.963. The largest absolute Gasteiger partial charge is 1.00 e. The minimum Gasteiger partial charge on any atom is -0.748 e. The average Bonchev–Trinajstić information content (AvgIpc) is 2.77. The van der Waals surface area contributed by atoms with Gasteiger partial charge in [-0.05, 0) is 6.42 Å². The van der Waals surface area contributed by atoms with Gasteiger partial charge in [-0.1, -0.05) is 135 Å². The molecule has 0 fully saturated rings. The Kier molecular flexibility index (Phi) is 28.4. The molecule has 0 aliphatic rings. The van der Waals surface area contributed by atoms with E-state index in [1.807, 2.05) is 0 Å². The van der Waals surface area contributed by atoms with Crippen molar-refractivity contribution in [3.05, 3.63) is 0 Å². The molecule has 0 aromatic rings. The van der Waals surface area contributed by atoms with Gasteiger partial charge in [-0.2, -0.15) is 0 Å². The first kappa shape index (κ1) is 36.5. The summed E-state index contributed by atoms with van der Waals surface area (Å²) in [5.74, 6) is -0.578. The van der Waals surface area contributed by atoms with Gasteiger partial charge in [0.2, 0.25) is 5.91 Å². The summed E-state index contributed by atoms with van der Waals surface area (Å²) >= 11 is 0. The topological polar surface area (TPSA) is 77.5 Å². The van der Waals surface area contributed by atoms with Crippen LogP contribution in [-0.2, 0) is 14.9 Å². The Morgan fingerprint density at radius 1 is 0.618 bits per heavy atom. The number of carbonyl (C=O) groups is 1. The van der Waals surface area contributed by atoms with E-state index in [-0.39, 0.29) is 42.0 Å². The van der Waals surface area contributed by atoms with E-state index in [1.165, 1.54) is 120 Å². The molecule has 5 nitrogen and oxygen atoms in total. The van der Waals surface area contributed by atoms with Gasteiger partial charge < -0.3 is 9.45 Å². The zero-order valence-electron chi connectivity index (χ0n) is 23.0. The van der Waals surface area contributed by atoms with Crippen LogP contribution in [0, 0.1) is 0 Å².